The molecule has 2 saturated carbocycles. The predicted molar refractivity (Wildman–Crippen MR) is 399 cm³/mol. The van der Waals surface area contributed by atoms with E-state index >= 15 is 0 Å². The number of fused-ring (bicyclic) bond motifs is 33. The zero-order chi connectivity index (χ0) is 62.9. The SMILES string of the molecule is C.C.CC.CC.CC.CC.CCC.CCC.CCC.CCC.c1ccc2c(c1)CC1[C@H]3c4ccccc4C4(c5ccccc5-c5cc6ccccc6cc54)[C@H]3[C@@H]21.c1ccc2c(c1)CC1[C@H]3c4ccccc4C4(c5ccccc5-c5ccc6ccccc6c54)[C@H]3[C@@H]21. The van der Waals surface area contributed by atoms with Crippen LogP contribution in [0.4, 0.5) is 0 Å². The van der Waals surface area contributed by atoms with Crippen molar-refractivity contribution in [3.8, 4) is 22.3 Å². The van der Waals surface area contributed by atoms with Crippen molar-refractivity contribution in [2.75, 3.05) is 0 Å². The van der Waals surface area contributed by atoms with E-state index in [1.807, 2.05) is 55.4 Å². The van der Waals surface area contributed by atoms with Gasteiger partial charge in [0, 0.05) is 0 Å². The zero-order valence-electron chi connectivity index (χ0n) is 56.6. The Bertz CT molecular complexity index is 3890. The van der Waals surface area contributed by atoms with Crippen LogP contribution in [-0.2, 0) is 23.7 Å². The molecule has 0 N–H and O–H groups in total. The summed E-state index contributed by atoms with van der Waals surface area (Å²) >= 11 is 0. The van der Waals surface area contributed by atoms with Gasteiger partial charge in [-0.15, -0.1) is 0 Å². The number of rotatable bonds is 0. The largest absolute Gasteiger partial charge is 0.0776 e. The second kappa shape index (κ2) is 31.2. The van der Waals surface area contributed by atoms with Gasteiger partial charge in [0.05, 0.1) is 10.8 Å². The Kier molecular flexibility index (Phi) is 24.3. The van der Waals surface area contributed by atoms with E-state index in [0.29, 0.717) is 35.5 Å². The van der Waals surface area contributed by atoms with Gasteiger partial charge in [-0.25, -0.2) is 0 Å². The molecule has 0 heterocycles. The molecule has 8 aliphatic rings. The predicted octanol–water partition coefficient (Wildman–Crippen LogP) is 26.7. The third-order valence-electron chi connectivity index (χ3n) is 19.5. The van der Waals surface area contributed by atoms with Gasteiger partial charge in [0.25, 0.3) is 0 Å². The normalized spacial score (nSPS) is 22.7. The van der Waals surface area contributed by atoms with Gasteiger partial charge in [0.1, 0.15) is 0 Å². The maximum absolute atomic E-state index is 2.54. The van der Waals surface area contributed by atoms with Crippen molar-refractivity contribution in [1.82, 2.24) is 0 Å². The van der Waals surface area contributed by atoms with Crippen LogP contribution in [0.25, 0.3) is 43.8 Å². The van der Waals surface area contributed by atoms with Gasteiger partial charge in [-0.05, 0) is 183 Å². The molecule has 2 fully saturated rings. The van der Waals surface area contributed by atoms with Crippen LogP contribution < -0.4 is 0 Å². The summed E-state index contributed by atoms with van der Waals surface area (Å²) in [6.07, 6.45) is 7.47. The van der Waals surface area contributed by atoms with Gasteiger partial charge in [-0.2, -0.15) is 0 Å². The van der Waals surface area contributed by atoms with Gasteiger partial charge in [-0.3, -0.25) is 0 Å². The van der Waals surface area contributed by atoms with Crippen molar-refractivity contribution >= 4 is 21.5 Å². The minimum atomic E-state index is -0.0767. The first-order valence-electron chi connectivity index (χ1n) is 35.0. The lowest BCUT2D eigenvalue weighted by molar-refractivity contribution is 0.0895. The third kappa shape index (κ3) is 10.8. The van der Waals surface area contributed by atoms with Crippen molar-refractivity contribution in [3.05, 3.63) is 285 Å². The van der Waals surface area contributed by atoms with Gasteiger partial charge in [0.15, 0.2) is 0 Å². The summed E-state index contributed by atoms with van der Waals surface area (Å²) in [5, 5.41) is 5.49. The van der Waals surface area contributed by atoms with E-state index in [9.17, 15) is 0 Å². The Morgan fingerprint density at radius 1 is 0.289 bits per heavy atom. The first kappa shape index (κ1) is 70.2. The van der Waals surface area contributed by atoms with Crippen LogP contribution in [0.3, 0.4) is 0 Å². The average Bonchev–Trinajstić information content (AvgIpc) is 1.48. The Labute approximate surface area is 548 Å². The second-order valence-corrected chi connectivity index (χ2v) is 24.5. The van der Waals surface area contributed by atoms with Crippen molar-refractivity contribution < 1.29 is 0 Å². The molecule has 0 bridgehead atoms. The Morgan fingerprint density at radius 3 is 1.11 bits per heavy atom. The van der Waals surface area contributed by atoms with Crippen LogP contribution >= 0.6 is 0 Å². The molecule has 0 heteroatoms. The van der Waals surface area contributed by atoms with Crippen LogP contribution in [0, 0.1) is 23.7 Å². The molecule has 0 saturated heterocycles. The molecule has 10 aromatic carbocycles. The van der Waals surface area contributed by atoms with Gasteiger partial charge < -0.3 is 0 Å². The molecule has 90 heavy (non-hydrogen) atoms. The summed E-state index contributed by atoms with van der Waals surface area (Å²) in [6.45, 7) is 33.0. The molecule has 8 aliphatic carbocycles. The van der Waals surface area contributed by atoms with Crippen molar-refractivity contribution in [3.63, 3.8) is 0 Å². The summed E-state index contributed by atoms with van der Waals surface area (Å²) in [4.78, 5) is 0. The lowest BCUT2D eigenvalue weighted by Crippen LogP contribution is -2.48. The number of hydrogen-bond donors (Lipinski definition) is 0. The topological polar surface area (TPSA) is 0 Å². The zero-order valence-corrected chi connectivity index (χ0v) is 56.6. The Hall–Kier alpha value is -7.28. The number of hydrogen-bond acceptors (Lipinski definition) is 0. The molecule has 0 aliphatic heterocycles. The van der Waals surface area contributed by atoms with Gasteiger partial charge >= 0.3 is 0 Å². The molecule has 0 aromatic heterocycles. The van der Waals surface area contributed by atoms with E-state index in [-0.39, 0.29) is 25.7 Å². The third-order valence-corrected chi connectivity index (χ3v) is 19.5. The van der Waals surface area contributed by atoms with Crippen LogP contribution in [0.5, 0.6) is 0 Å². The van der Waals surface area contributed by atoms with Crippen molar-refractivity contribution in [2.45, 2.75) is 199 Å². The monoisotopic (exact) mass is 1190 g/mol. The fourth-order valence-corrected chi connectivity index (χ4v) is 17.6. The van der Waals surface area contributed by atoms with Crippen molar-refractivity contribution in [1.29, 1.82) is 0 Å². The second-order valence-electron chi connectivity index (χ2n) is 24.5. The maximum atomic E-state index is 2.54. The summed E-state index contributed by atoms with van der Waals surface area (Å²) in [7, 11) is 0. The highest BCUT2D eigenvalue weighted by molar-refractivity contribution is 6.00. The molecule has 10 aromatic rings. The molecule has 2 spiro atoms. The summed E-state index contributed by atoms with van der Waals surface area (Å²) in [6, 6.07) is 83.8. The molecular formula is C90H112. The lowest BCUT2D eigenvalue weighted by Gasteiger charge is -2.53. The minimum Gasteiger partial charge on any atom is -0.0776 e. The maximum Gasteiger partial charge on any atom is 0.0512 e. The van der Waals surface area contributed by atoms with E-state index in [0.717, 1.165) is 11.8 Å². The van der Waals surface area contributed by atoms with E-state index in [1.165, 1.54) is 99.0 Å². The highest BCUT2D eigenvalue weighted by Crippen LogP contribution is 2.79. The fourth-order valence-electron chi connectivity index (χ4n) is 17.6. The smallest absolute Gasteiger partial charge is 0.0512 e. The highest BCUT2D eigenvalue weighted by Gasteiger charge is 2.71. The minimum absolute atomic E-state index is 0. The molecular weight excluding hydrogens is 1080 g/mol. The molecule has 18 rings (SSSR count). The standard InChI is InChI=1S/2C34H24.4C3H8.4C2H6.2CH4/c1-4-12-23-20(9-1)17-18-25-24-13-5-7-15-28(24)34(32(23)25)29-16-8-6-14-26(29)31-27-19-21-10-2-3-11-22(21)30(27)33(31)34;1-2-10-21-19-30-26(17-20(21)9-1)24-13-5-7-15-28(24)34(30)29-16-8-6-14-25(29)32-27-18-22-11-3-4-12-23(22)31(27)33(32)34;4*1-3-2;4*1-2;;/h1-18,27,30-31,33H,19H2;1-17,19,27,31-33H,18H2;4*3H2,1-2H3;4*1-2H3;2*1H4/t27?,30-,31+,33-,34?;27?,31-,32+,33-,34?;;;;;;;;;;/m00........../s1. The van der Waals surface area contributed by atoms with Gasteiger partial charge in [0.2, 0.25) is 0 Å². The molecule has 10 atom stereocenters. The van der Waals surface area contributed by atoms with E-state index in [4.69, 9.17) is 0 Å². The van der Waals surface area contributed by atoms with E-state index in [1.54, 1.807) is 50.1 Å². The lowest BCUT2D eigenvalue weighted by atomic mass is 9.49. The molecule has 472 valence electrons. The van der Waals surface area contributed by atoms with E-state index < -0.39 is 0 Å². The van der Waals surface area contributed by atoms with Crippen LogP contribution in [-0.4, -0.2) is 0 Å². The van der Waals surface area contributed by atoms with Crippen LogP contribution in [0.2, 0.25) is 0 Å². The molecule has 0 nitrogen and oxygen atoms in total. The Morgan fingerprint density at radius 2 is 0.622 bits per heavy atom. The van der Waals surface area contributed by atoms with Crippen LogP contribution in [0.15, 0.2) is 218 Å². The number of benzene rings is 10. The summed E-state index contributed by atoms with van der Waals surface area (Å²) in [5.74, 6) is 5.17. The highest BCUT2D eigenvalue weighted by atomic mass is 14.7. The first-order chi connectivity index (χ1) is 43.4. The van der Waals surface area contributed by atoms with Gasteiger partial charge in [-0.1, -0.05) is 358 Å². The van der Waals surface area contributed by atoms with E-state index in [2.05, 4.69) is 274 Å². The fraction of sp³-hybridized carbons (Fsp3) is 0.378. The molecule has 0 amide bonds. The van der Waals surface area contributed by atoms with Crippen molar-refractivity contribution in [2.24, 2.45) is 23.7 Å². The quantitative estimate of drug-likeness (QED) is 0.142. The van der Waals surface area contributed by atoms with Crippen LogP contribution in [0.1, 0.15) is 242 Å². The summed E-state index contributed by atoms with van der Waals surface area (Å²) in [5.41, 5.74) is 24.6. The Balaban J connectivity index is 0.000000196. The first-order valence-corrected chi connectivity index (χ1v) is 35.0. The summed E-state index contributed by atoms with van der Waals surface area (Å²) < 4.78 is 0. The molecule has 4 unspecified atom stereocenters. The molecule has 0 radical (unpaired) electrons. The average molecular weight is 1190 g/mol.